The van der Waals surface area contributed by atoms with Gasteiger partial charge in [0.1, 0.15) is 4.21 Å². The average Bonchev–Trinajstić information content (AvgIpc) is 2.11. The van der Waals surface area contributed by atoms with Crippen LogP contribution in [-0.2, 0) is 0 Å². The molecule has 0 aliphatic heterocycles. The maximum absolute atomic E-state index is 8.91. The predicted octanol–water partition coefficient (Wildman–Crippen LogP) is 2.49. The van der Waals surface area contributed by atoms with Crippen LogP contribution in [0.1, 0.15) is 0 Å². The third-order valence-corrected chi connectivity index (χ3v) is 3.98. The molecule has 6 heteroatoms. The molecule has 0 atom stereocenters. The average molecular weight is 244 g/mol. The smallest absolute Gasteiger partial charge is 0.128 e. The van der Waals surface area contributed by atoms with Crippen molar-refractivity contribution in [2.45, 2.75) is 4.21 Å². The summed E-state index contributed by atoms with van der Waals surface area (Å²) in [7, 11) is -2.99. The molecular weight excluding hydrogens is 238 g/mol. The Morgan fingerprint density at radius 1 is 1.50 bits per heavy atom. The first-order chi connectivity index (χ1) is 4.50. The van der Waals surface area contributed by atoms with Crippen LogP contribution in [0.25, 0.3) is 0 Å². The lowest BCUT2D eigenvalue weighted by molar-refractivity contribution is 0.491. The molecule has 3 nitrogen and oxygen atoms in total. The van der Waals surface area contributed by atoms with E-state index in [1.165, 1.54) is 11.3 Å². The van der Waals surface area contributed by atoms with Gasteiger partial charge in [0.05, 0.1) is 3.79 Å². The molecule has 1 aromatic rings. The first-order valence-corrected chi connectivity index (χ1v) is 5.53. The first kappa shape index (κ1) is 8.51. The van der Waals surface area contributed by atoms with Crippen molar-refractivity contribution in [2.24, 2.45) is 5.14 Å². The lowest BCUT2D eigenvalue weighted by Crippen LogP contribution is -2.06. The molecule has 0 aliphatic rings. The van der Waals surface area contributed by atoms with Gasteiger partial charge in [-0.1, -0.05) is 0 Å². The summed E-state index contributed by atoms with van der Waals surface area (Å²) in [4.78, 5) is 0. The lowest BCUT2D eigenvalue weighted by atomic mass is 10.7. The highest BCUT2D eigenvalue weighted by atomic mass is 79.9. The van der Waals surface area contributed by atoms with E-state index in [4.69, 9.17) is 14.2 Å². The monoisotopic (exact) mass is 243 g/mol. The lowest BCUT2D eigenvalue weighted by Gasteiger charge is -2.23. The van der Waals surface area contributed by atoms with Gasteiger partial charge in [0.15, 0.2) is 0 Å². The quantitative estimate of drug-likeness (QED) is 0.711. The zero-order valence-corrected chi connectivity index (χ0v) is 8.04. The van der Waals surface area contributed by atoms with Crippen LogP contribution in [0.3, 0.4) is 0 Å². The molecule has 0 spiro atoms. The van der Waals surface area contributed by atoms with E-state index in [0.717, 1.165) is 3.79 Å². The van der Waals surface area contributed by atoms with Crippen LogP contribution >= 0.6 is 38.0 Å². The molecule has 0 fully saturated rings. The molecule has 0 saturated heterocycles. The number of thiophene rings is 1. The number of hydrogen-bond donors (Lipinski definition) is 3. The Hall–Kier alpha value is 0.410. The summed E-state index contributed by atoms with van der Waals surface area (Å²) in [5.41, 5.74) is 0. The van der Waals surface area contributed by atoms with Crippen molar-refractivity contribution >= 4 is 38.0 Å². The van der Waals surface area contributed by atoms with E-state index < -0.39 is 10.8 Å². The Labute approximate surface area is 72.5 Å². The molecular formula is C4H6BrNO2S2. The molecule has 1 rings (SSSR count). The molecule has 0 radical (unpaired) electrons. The first-order valence-electron chi connectivity index (χ1n) is 2.31. The van der Waals surface area contributed by atoms with Gasteiger partial charge >= 0.3 is 0 Å². The number of nitrogens with two attached hydrogens (primary N) is 1. The molecule has 0 amide bonds. The van der Waals surface area contributed by atoms with Gasteiger partial charge in [-0.3, -0.25) is 9.11 Å². The van der Waals surface area contributed by atoms with E-state index in [9.17, 15) is 0 Å². The van der Waals surface area contributed by atoms with Gasteiger partial charge in [-0.2, -0.15) is 0 Å². The number of hydrogen-bond acceptors (Lipinski definition) is 4. The minimum atomic E-state index is -2.99. The van der Waals surface area contributed by atoms with Gasteiger partial charge in [0, 0.05) is 0 Å². The topological polar surface area (TPSA) is 66.5 Å². The molecule has 58 valence electrons. The fraction of sp³-hybridized carbons (Fsp3) is 0. The van der Waals surface area contributed by atoms with Gasteiger partial charge in [-0.25, -0.2) is 5.14 Å². The Morgan fingerprint density at radius 3 is 2.30 bits per heavy atom. The van der Waals surface area contributed by atoms with E-state index in [-0.39, 0.29) is 0 Å². The van der Waals surface area contributed by atoms with Crippen molar-refractivity contribution in [3.05, 3.63) is 15.9 Å². The third kappa shape index (κ3) is 1.94. The predicted molar refractivity (Wildman–Crippen MR) is 47.3 cm³/mol. The zero-order chi connectivity index (χ0) is 7.78. The SMILES string of the molecule is NS(O)(O)c1ccc(Br)s1. The Morgan fingerprint density at radius 2 is 2.10 bits per heavy atom. The molecule has 1 heterocycles. The molecule has 0 saturated carbocycles. The fourth-order valence-electron chi connectivity index (χ4n) is 0.459. The zero-order valence-electron chi connectivity index (χ0n) is 4.82. The molecule has 4 N–H and O–H groups in total. The van der Waals surface area contributed by atoms with Crippen LogP contribution in [-0.4, -0.2) is 9.11 Å². The molecule has 1 aromatic heterocycles. The summed E-state index contributed by atoms with van der Waals surface area (Å²) < 4.78 is 19.1. The highest BCUT2D eigenvalue weighted by molar-refractivity contribution is 9.11. The van der Waals surface area contributed by atoms with E-state index in [1.807, 2.05) is 0 Å². The molecule has 0 unspecified atom stereocenters. The van der Waals surface area contributed by atoms with Crippen molar-refractivity contribution in [3.63, 3.8) is 0 Å². The Kier molecular flexibility index (Phi) is 2.38. The summed E-state index contributed by atoms with van der Waals surface area (Å²) in [6.07, 6.45) is 0. The largest absolute Gasteiger partial charge is 0.281 e. The second-order valence-corrected chi connectivity index (χ2v) is 6.00. The highest BCUT2D eigenvalue weighted by Gasteiger charge is 2.10. The number of rotatable bonds is 1. The maximum atomic E-state index is 8.91. The molecule has 0 aliphatic carbocycles. The van der Waals surface area contributed by atoms with Gasteiger partial charge in [-0.05, 0) is 28.1 Å². The van der Waals surface area contributed by atoms with E-state index >= 15 is 0 Å². The highest BCUT2D eigenvalue weighted by Crippen LogP contribution is 2.45. The van der Waals surface area contributed by atoms with Gasteiger partial charge in [-0.15, -0.1) is 22.1 Å². The van der Waals surface area contributed by atoms with Gasteiger partial charge in [0.25, 0.3) is 0 Å². The van der Waals surface area contributed by atoms with Crippen LogP contribution < -0.4 is 5.14 Å². The van der Waals surface area contributed by atoms with E-state index in [1.54, 1.807) is 12.1 Å². The molecule has 0 aromatic carbocycles. The van der Waals surface area contributed by atoms with Crippen molar-refractivity contribution in [1.82, 2.24) is 0 Å². The van der Waals surface area contributed by atoms with Crippen molar-refractivity contribution < 1.29 is 9.11 Å². The van der Waals surface area contributed by atoms with Crippen molar-refractivity contribution in [1.29, 1.82) is 0 Å². The standard InChI is InChI=1S/C4H6BrNO2S2/c5-3-1-2-4(9-3)10(6,7)8/h1-2,7-8H,6H2. The molecule has 10 heavy (non-hydrogen) atoms. The minimum Gasteiger partial charge on any atom is -0.281 e. The summed E-state index contributed by atoms with van der Waals surface area (Å²) in [6, 6.07) is 3.31. The minimum absolute atomic E-state index is 0.402. The normalized spacial score (nSPS) is 13.6. The second kappa shape index (κ2) is 2.80. The summed E-state index contributed by atoms with van der Waals surface area (Å²) in [5.74, 6) is 0. The van der Waals surface area contributed by atoms with Crippen molar-refractivity contribution in [3.8, 4) is 0 Å². The third-order valence-electron chi connectivity index (χ3n) is 0.845. The maximum Gasteiger partial charge on any atom is 0.128 e. The second-order valence-electron chi connectivity index (χ2n) is 1.65. The van der Waals surface area contributed by atoms with Crippen LogP contribution in [0.5, 0.6) is 0 Å². The summed E-state index contributed by atoms with van der Waals surface area (Å²) >= 11 is 4.40. The number of halogens is 1. The Balaban J connectivity index is 2.96. The van der Waals surface area contributed by atoms with Crippen LogP contribution in [0.15, 0.2) is 20.1 Å². The molecule has 0 bridgehead atoms. The fourth-order valence-corrected chi connectivity index (χ4v) is 2.93. The summed E-state index contributed by atoms with van der Waals surface area (Å²) in [5, 5.41) is 5.05. The van der Waals surface area contributed by atoms with E-state index in [0.29, 0.717) is 4.21 Å². The van der Waals surface area contributed by atoms with Gasteiger partial charge in [0.2, 0.25) is 0 Å². The summed E-state index contributed by atoms with van der Waals surface area (Å²) in [6.45, 7) is 0. The van der Waals surface area contributed by atoms with Crippen LogP contribution in [0.2, 0.25) is 0 Å². The van der Waals surface area contributed by atoms with Crippen LogP contribution in [0, 0.1) is 0 Å². The Bertz CT molecular complexity index is 231. The van der Waals surface area contributed by atoms with Gasteiger partial charge < -0.3 is 0 Å². The van der Waals surface area contributed by atoms with E-state index in [2.05, 4.69) is 15.9 Å². The van der Waals surface area contributed by atoms with Crippen LogP contribution in [0.4, 0.5) is 0 Å². The van der Waals surface area contributed by atoms with Crippen molar-refractivity contribution in [2.75, 3.05) is 0 Å².